The van der Waals surface area contributed by atoms with Crippen LogP contribution in [0.5, 0.6) is 0 Å². The third-order valence-electron chi connectivity index (χ3n) is 2.09. The second-order valence-corrected chi connectivity index (χ2v) is 5.64. The first kappa shape index (κ1) is 14.1. The van der Waals surface area contributed by atoms with Crippen LogP contribution in [0.4, 0.5) is 4.39 Å². The molecule has 0 bridgehead atoms. The molecule has 0 aromatic carbocycles. The Balaban J connectivity index is 2.93. The molecule has 1 atom stereocenters. The molecule has 0 amide bonds. The number of esters is 1. The number of rotatable bonds is 3. The highest BCUT2D eigenvalue weighted by atomic mass is 32.1. The Morgan fingerprint density at radius 2 is 2.18 bits per heavy atom. The summed E-state index contributed by atoms with van der Waals surface area (Å²) >= 11 is 0.959. The molecule has 0 saturated carbocycles. The molecule has 1 unspecified atom stereocenters. The van der Waals surface area contributed by atoms with Crippen molar-refractivity contribution in [3.8, 4) is 0 Å². The van der Waals surface area contributed by atoms with Gasteiger partial charge in [0.2, 0.25) is 0 Å². The van der Waals surface area contributed by atoms with Gasteiger partial charge in [0.15, 0.2) is 5.82 Å². The monoisotopic (exact) mass is 260 g/mol. The molecule has 1 aromatic heterocycles. The zero-order valence-electron chi connectivity index (χ0n) is 10.4. The van der Waals surface area contributed by atoms with E-state index in [1.165, 1.54) is 5.38 Å². The van der Waals surface area contributed by atoms with E-state index in [0.717, 1.165) is 11.3 Å². The average Bonchev–Trinajstić information content (AvgIpc) is 2.56. The van der Waals surface area contributed by atoms with Gasteiger partial charge in [-0.15, -0.1) is 11.3 Å². The Morgan fingerprint density at radius 1 is 1.59 bits per heavy atom. The molecular weight excluding hydrogens is 243 g/mol. The predicted octanol–water partition coefficient (Wildman–Crippen LogP) is 3.29. The van der Waals surface area contributed by atoms with Crippen molar-refractivity contribution < 1.29 is 19.0 Å². The van der Waals surface area contributed by atoms with E-state index >= 15 is 0 Å². The van der Waals surface area contributed by atoms with Crippen LogP contribution in [0, 0.1) is 5.82 Å². The molecule has 17 heavy (non-hydrogen) atoms. The molecule has 1 rings (SSSR count). The lowest BCUT2D eigenvalue weighted by Crippen LogP contribution is -2.23. The lowest BCUT2D eigenvalue weighted by molar-refractivity contribution is 0.00705. The average molecular weight is 260 g/mol. The number of aliphatic hydroxyl groups excluding tert-OH is 1. The summed E-state index contributed by atoms with van der Waals surface area (Å²) in [6.07, 6.45) is -0.469. The Bertz CT molecular complexity index is 406. The van der Waals surface area contributed by atoms with Crippen LogP contribution in [0.1, 0.15) is 55.5 Å². The number of hydrogen-bond donors (Lipinski definition) is 1. The molecule has 0 spiro atoms. The highest BCUT2D eigenvalue weighted by Gasteiger charge is 2.25. The fourth-order valence-electron chi connectivity index (χ4n) is 1.26. The zero-order valence-corrected chi connectivity index (χ0v) is 11.2. The van der Waals surface area contributed by atoms with Crippen LogP contribution in [0.25, 0.3) is 0 Å². The molecule has 1 N–H and O–H groups in total. The molecule has 0 radical (unpaired) electrons. The Morgan fingerprint density at radius 3 is 2.65 bits per heavy atom. The molecule has 96 valence electrons. The maximum Gasteiger partial charge on any atom is 0.351 e. The van der Waals surface area contributed by atoms with E-state index in [1.807, 2.05) is 0 Å². The van der Waals surface area contributed by atoms with Gasteiger partial charge in [0.1, 0.15) is 10.5 Å². The molecule has 3 nitrogen and oxygen atoms in total. The first-order valence-corrected chi connectivity index (χ1v) is 6.32. The van der Waals surface area contributed by atoms with Gasteiger partial charge in [0.05, 0.1) is 6.10 Å². The topological polar surface area (TPSA) is 46.5 Å². The molecule has 1 heterocycles. The van der Waals surface area contributed by atoms with E-state index in [1.54, 1.807) is 27.7 Å². The molecule has 0 saturated heterocycles. The van der Waals surface area contributed by atoms with Crippen LogP contribution in [0.2, 0.25) is 0 Å². The fourth-order valence-corrected chi connectivity index (χ4v) is 2.13. The van der Waals surface area contributed by atoms with Crippen LogP contribution in [0.15, 0.2) is 5.38 Å². The summed E-state index contributed by atoms with van der Waals surface area (Å²) < 4.78 is 18.9. The molecule has 5 heteroatoms. The first-order chi connectivity index (χ1) is 7.76. The van der Waals surface area contributed by atoms with E-state index < -0.39 is 23.5 Å². The van der Waals surface area contributed by atoms with Crippen molar-refractivity contribution in [1.29, 1.82) is 0 Å². The van der Waals surface area contributed by atoms with E-state index in [2.05, 4.69) is 0 Å². The van der Waals surface area contributed by atoms with Gasteiger partial charge in [-0.1, -0.05) is 6.92 Å². The Kier molecular flexibility index (Phi) is 4.27. The van der Waals surface area contributed by atoms with Crippen LogP contribution in [0.3, 0.4) is 0 Å². The number of halogens is 1. The number of aliphatic hydroxyl groups is 1. The van der Waals surface area contributed by atoms with Crippen molar-refractivity contribution in [3.63, 3.8) is 0 Å². The Labute approximate surface area is 104 Å². The van der Waals surface area contributed by atoms with Crippen LogP contribution < -0.4 is 0 Å². The number of ether oxygens (including phenoxy) is 1. The summed E-state index contributed by atoms with van der Waals surface area (Å²) in [7, 11) is 0. The summed E-state index contributed by atoms with van der Waals surface area (Å²) in [4.78, 5) is 11.6. The van der Waals surface area contributed by atoms with Gasteiger partial charge in [-0.25, -0.2) is 9.18 Å². The molecule has 1 aromatic rings. The van der Waals surface area contributed by atoms with Gasteiger partial charge in [0.25, 0.3) is 0 Å². The standard InChI is InChI=1S/C12H17FO3S/c1-5-8(14)7-6-17-10(9(7)13)11(15)16-12(2,3)4/h6,8,14H,5H2,1-4H3. The summed E-state index contributed by atoms with van der Waals surface area (Å²) in [5.74, 6) is -1.35. The van der Waals surface area contributed by atoms with E-state index in [4.69, 9.17) is 4.74 Å². The minimum Gasteiger partial charge on any atom is -0.456 e. The van der Waals surface area contributed by atoms with Gasteiger partial charge in [-0.05, 0) is 27.2 Å². The lowest BCUT2D eigenvalue weighted by Gasteiger charge is -2.18. The molecule has 0 aliphatic carbocycles. The summed E-state index contributed by atoms with van der Waals surface area (Å²) in [5, 5.41) is 11.0. The van der Waals surface area contributed by atoms with Crippen molar-refractivity contribution >= 4 is 17.3 Å². The highest BCUT2D eigenvalue weighted by Crippen LogP contribution is 2.29. The highest BCUT2D eigenvalue weighted by molar-refractivity contribution is 7.12. The van der Waals surface area contributed by atoms with Crippen molar-refractivity contribution in [2.24, 2.45) is 0 Å². The zero-order chi connectivity index (χ0) is 13.2. The minimum absolute atomic E-state index is 0.0811. The molecule has 0 aliphatic heterocycles. The Hall–Kier alpha value is -0.940. The van der Waals surface area contributed by atoms with Gasteiger partial charge in [-0.2, -0.15) is 0 Å². The number of hydrogen-bond acceptors (Lipinski definition) is 4. The number of carbonyl (C=O) groups is 1. The quantitative estimate of drug-likeness (QED) is 0.848. The van der Waals surface area contributed by atoms with Crippen molar-refractivity contribution in [2.45, 2.75) is 45.8 Å². The summed E-state index contributed by atoms with van der Waals surface area (Å²) in [5.41, 5.74) is -0.491. The largest absolute Gasteiger partial charge is 0.456 e. The van der Waals surface area contributed by atoms with Gasteiger partial charge in [-0.3, -0.25) is 0 Å². The van der Waals surface area contributed by atoms with Crippen LogP contribution >= 0.6 is 11.3 Å². The molecule has 0 fully saturated rings. The number of thiophene rings is 1. The van der Waals surface area contributed by atoms with Gasteiger partial charge in [0, 0.05) is 10.9 Å². The summed E-state index contributed by atoms with van der Waals surface area (Å²) in [6, 6.07) is 0. The maximum atomic E-state index is 13.8. The predicted molar refractivity (Wildman–Crippen MR) is 64.7 cm³/mol. The second kappa shape index (κ2) is 5.14. The normalized spacial score (nSPS) is 13.5. The van der Waals surface area contributed by atoms with Crippen molar-refractivity contribution in [1.82, 2.24) is 0 Å². The van der Waals surface area contributed by atoms with Gasteiger partial charge >= 0.3 is 5.97 Å². The van der Waals surface area contributed by atoms with Crippen molar-refractivity contribution in [2.75, 3.05) is 0 Å². The SMILES string of the molecule is CCC(O)c1csc(C(=O)OC(C)(C)C)c1F. The van der Waals surface area contributed by atoms with Gasteiger partial charge < -0.3 is 9.84 Å². The molecular formula is C12H17FO3S. The smallest absolute Gasteiger partial charge is 0.351 e. The first-order valence-electron chi connectivity index (χ1n) is 5.44. The van der Waals surface area contributed by atoms with E-state index in [-0.39, 0.29) is 10.4 Å². The third-order valence-corrected chi connectivity index (χ3v) is 3.04. The van der Waals surface area contributed by atoms with E-state index in [0.29, 0.717) is 6.42 Å². The third kappa shape index (κ3) is 3.51. The van der Waals surface area contributed by atoms with Crippen LogP contribution in [-0.4, -0.2) is 16.7 Å². The van der Waals surface area contributed by atoms with Crippen molar-refractivity contribution in [3.05, 3.63) is 21.6 Å². The number of carbonyl (C=O) groups excluding carboxylic acids is 1. The maximum absolute atomic E-state index is 13.8. The lowest BCUT2D eigenvalue weighted by atomic mass is 10.1. The fraction of sp³-hybridized carbons (Fsp3) is 0.583. The van der Waals surface area contributed by atoms with E-state index in [9.17, 15) is 14.3 Å². The second-order valence-electron chi connectivity index (χ2n) is 4.76. The minimum atomic E-state index is -0.873. The molecule has 0 aliphatic rings. The summed E-state index contributed by atoms with van der Waals surface area (Å²) in [6.45, 7) is 6.91. The van der Waals surface area contributed by atoms with Crippen LogP contribution in [-0.2, 0) is 4.74 Å².